The maximum atomic E-state index is 4.01. The zero-order chi connectivity index (χ0) is 12.5. The van der Waals surface area contributed by atoms with E-state index < -0.39 is 0 Å². The summed E-state index contributed by atoms with van der Waals surface area (Å²) >= 11 is 4.01. The molecule has 0 aromatic heterocycles. The quantitative estimate of drug-likeness (QED) is 0.761. The summed E-state index contributed by atoms with van der Waals surface area (Å²) in [5, 5.41) is 0. The average Bonchev–Trinajstić information content (AvgIpc) is 2.41. The molecule has 0 saturated carbocycles. The lowest BCUT2D eigenvalue weighted by molar-refractivity contribution is 0.578. The Bertz CT molecular complexity index is 292. The number of piperidine rings is 1. The fourth-order valence-electron chi connectivity index (χ4n) is 1.90. The molecule has 0 bridgehead atoms. The smallest absolute Gasteiger partial charge is 0.0439 e. The van der Waals surface area contributed by atoms with Crippen LogP contribution in [0.4, 0.5) is 11.4 Å². The number of nitrogens with one attached hydrogen (secondary N) is 1. The normalized spacial score (nSPS) is 14.9. The fraction of sp³-hybridized carbons (Fsp3) is 0.571. The molecule has 0 aliphatic carbocycles. The highest BCUT2D eigenvalue weighted by molar-refractivity contribution is 7.81. The van der Waals surface area contributed by atoms with Crippen LogP contribution in [-0.2, 0) is 0 Å². The summed E-state index contributed by atoms with van der Waals surface area (Å²) in [7, 11) is 0. The van der Waals surface area contributed by atoms with Gasteiger partial charge in [-0.05, 0) is 43.5 Å². The largest absolute Gasteiger partial charge is 0.372 e. The number of anilines is 2. The van der Waals surface area contributed by atoms with Gasteiger partial charge in [-0.25, -0.2) is 0 Å². The third kappa shape index (κ3) is 4.90. The van der Waals surface area contributed by atoms with Crippen molar-refractivity contribution in [2.75, 3.05) is 22.7 Å². The zero-order valence-corrected chi connectivity index (χ0v) is 11.8. The molecule has 1 aliphatic rings. The molecule has 0 radical (unpaired) electrons. The average molecular weight is 252 g/mol. The molecule has 2 rings (SSSR count). The lowest BCUT2D eigenvalue weighted by atomic mass is 10.1. The van der Waals surface area contributed by atoms with Crippen LogP contribution in [0, 0.1) is 0 Å². The molecule has 0 unspecified atom stereocenters. The second kappa shape index (κ2) is 8.29. The summed E-state index contributed by atoms with van der Waals surface area (Å²) in [6.45, 7) is 6.65. The molecule has 1 saturated heterocycles. The molecule has 3 heteroatoms. The van der Waals surface area contributed by atoms with E-state index in [0.717, 1.165) is 5.69 Å². The van der Waals surface area contributed by atoms with E-state index in [-0.39, 0.29) is 0 Å². The standard InChI is InChI=1S/C11H16N2S.C3H8/c14-12-10-4-6-11(7-5-10)13-8-2-1-3-9-13;1-3-2/h4-7,12,14H,1-3,8-9H2;3H2,1-2H3. The van der Waals surface area contributed by atoms with Crippen molar-refractivity contribution in [1.29, 1.82) is 0 Å². The Labute approximate surface area is 111 Å². The van der Waals surface area contributed by atoms with E-state index in [1.165, 1.54) is 44.5 Å². The van der Waals surface area contributed by atoms with E-state index in [2.05, 4.69) is 60.5 Å². The van der Waals surface area contributed by atoms with Gasteiger partial charge in [-0.3, -0.25) is 0 Å². The summed E-state index contributed by atoms with van der Waals surface area (Å²) in [6, 6.07) is 8.45. The van der Waals surface area contributed by atoms with Gasteiger partial charge in [-0.1, -0.05) is 33.1 Å². The summed E-state index contributed by atoms with van der Waals surface area (Å²) in [6.07, 6.45) is 5.28. The van der Waals surface area contributed by atoms with E-state index in [1.54, 1.807) is 0 Å². The second-order valence-electron chi connectivity index (χ2n) is 4.41. The van der Waals surface area contributed by atoms with Crippen LogP contribution >= 0.6 is 12.8 Å². The van der Waals surface area contributed by atoms with Crippen molar-refractivity contribution in [3.63, 3.8) is 0 Å². The summed E-state index contributed by atoms with van der Waals surface area (Å²) in [4.78, 5) is 2.45. The Morgan fingerprint density at radius 1 is 1.06 bits per heavy atom. The van der Waals surface area contributed by atoms with Gasteiger partial charge in [0.25, 0.3) is 0 Å². The first kappa shape index (κ1) is 14.2. The first-order chi connectivity index (χ1) is 8.31. The number of nitrogens with zero attached hydrogens (tertiary/aromatic N) is 1. The molecule has 1 N–H and O–H groups in total. The molecule has 1 aromatic rings. The van der Waals surface area contributed by atoms with Gasteiger partial charge in [0.2, 0.25) is 0 Å². The van der Waals surface area contributed by atoms with Crippen molar-refractivity contribution in [2.45, 2.75) is 39.5 Å². The van der Waals surface area contributed by atoms with Crippen molar-refractivity contribution in [2.24, 2.45) is 0 Å². The maximum Gasteiger partial charge on any atom is 0.0439 e. The van der Waals surface area contributed by atoms with E-state index in [0.29, 0.717) is 0 Å². The third-order valence-corrected chi connectivity index (χ3v) is 2.98. The van der Waals surface area contributed by atoms with Crippen LogP contribution in [0.15, 0.2) is 24.3 Å². The molecule has 1 aliphatic heterocycles. The maximum absolute atomic E-state index is 4.01. The van der Waals surface area contributed by atoms with Gasteiger partial charge in [0, 0.05) is 24.5 Å². The third-order valence-electron chi connectivity index (χ3n) is 2.72. The molecule has 0 atom stereocenters. The van der Waals surface area contributed by atoms with Crippen LogP contribution in [0.5, 0.6) is 0 Å². The van der Waals surface area contributed by atoms with E-state index in [4.69, 9.17) is 0 Å². The van der Waals surface area contributed by atoms with Crippen molar-refractivity contribution in [1.82, 2.24) is 0 Å². The Hall–Kier alpha value is -0.830. The van der Waals surface area contributed by atoms with Gasteiger partial charge in [0.05, 0.1) is 0 Å². The highest BCUT2D eigenvalue weighted by atomic mass is 32.1. The molecule has 0 spiro atoms. The number of hydrogen-bond acceptors (Lipinski definition) is 3. The van der Waals surface area contributed by atoms with Gasteiger partial charge in [-0.2, -0.15) is 0 Å². The number of hydrogen-bond donors (Lipinski definition) is 2. The Kier molecular flexibility index (Phi) is 6.94. The van der Waals surface area contributed by atoms with Crippen molar-refractivity contribution in [3.05, 3.63) is 24.3 Å². The van der Waals surface area contributed by atoms with Crippen molar-refractivity contribution in [3.8, 4) is 0 Å². The van der Waals surface area contributed by atoms with Gasteiger partial charge >= 0.3 is 0 Å². The molecule has 96 valence electrons. The predicted molar refractivity (Wildman–Crippen MR) is 81.1 cm³/mol. The van der Waals surface area contributed by atoms with Gasteiger partial charge in [-0.15, -0.1) is 0 Å². The first-order valence-corrected chi connectivity index (χ1v) is 7.01. The molecule has 0 amide bonds. The minimum absolute atomic E-state index is 1.05. The van der Waals surface area contributed by atoms with E-state index in [1.807, 2.05) is 0 Å². The summed E-state index contributed by atoms with van der Waals surface area (Å²) in [5.41, 5.74) is 2.38. The van der Waals surface area contributed by atoms with Gasteiger partial charge < -0.3 is 9.62 Å². The number of rotatable bonds is 2. The van der Waals surface area contributed by atoms with Crippen LogP contribution in [-0.4, -0.2) is 13.1 Å². The minimum atomic E-state index is 1.05. The first-order valence-electron chi connectivity index (χ1n) is 6.57. The SMILES string of the molecule is CCC.SNc1ccc(N2CCCCC2)cc1. The lowest BCUT2D eigenvalue weighted by Crippen LogP contribution is -2.29. The van der Waals surface area contributed by atoms with Crippen LogP contribution < -0.4 is 9.62 Å². The van der Waals surface area contributed by atoms with Crippen LogP contribution in [0.25, 0.3) is 0 Å². The van der Waals surface area contributed by atoms with Gasteiger partial charge in [0.1, 0.15) is 0 Å². The van der Waals surface area contributed by atoms with E-state index in [9.17, 15) is 0 Å². The molecule has 1 fully saturated rings. The summed E-state index contributed by atoms with van der Waals surface area (Å²) in [5.74, 6) is 0. The number of benzene rings is 1. The van der Waals surface area contributed by atoms with Crippen LogP contribution in [0.1, 0.15) is 39.5 Å². The molecule has 17 heavy (non-hydrogen) atoms. The zero-order valence-electron chi connectivity index (χ0n) is 10.9. The second-order valence-corrected chi connectivity index (χ2v) is 4.64. The van der Waals surface area contributed by atoms with Crippen molar-refractivity contribution < 1.29 is 0 Å². The molecular weight excluding hydrogens is 228 g/mol. The molecule has 1 heterocycles. The fourth-order valence-corrected chi connectivity index (χ4v) is 2.05. The van der Waals surface area contributed by atoms with Crippen LogP contribution in [0.2, 0.25) is 0 Å². The minimum Gasteiger partial charge on any atom is -0.372 e. The lowest BCUT2D eigenvalue weighted by Gasteiger charge is -2.28. The highest BCUT2D eigenvalue weighted by Gasteiger charge is 2.09. The predicted octanol–water partition coefficient (Wildman–Crippen LogP) is 4.35. The molecular formula is C14H24N2S. The highest BCUT2D eigenvalue weighted by Crippen LogP contribution is 2.21. The number of thiol groups is 1. The van der Waals surface area contributed by atoms with Crippen molar-refractivity contribution >= 4 is 24.2 Å². The van der Waals surface area contributed by atoms with Crippen LogP contribution in [0.3, 0.4) is 0 Å². The van der Waals surface area contributed by atoms with E-state index >= 15 is 0 Å². The summed E-state index contributed by atoms with van der Waals surface area (Å²) < 4.78 is 2.83. The molecule has 1 aromatic carbocycles. The Morgan fingerprint density at radius 3 is 2.06 bits per heavy atom. The molecule has 2 nitrogen and oxygen atoms in total. The Balaban J connectivity index is 0.000000437. The van der Waals surface area contributed by atoms with Gasteiger partial charge in [0.15, 0.2) is 0 Å². The monoisotopic (exact) mass is 252 g/mol. The topological polar surface area (TPSA) is 15.3 Å². The Morgan fingerprint density at radius 2 is 1.59 bits per heavy atom.